The van der Waals surface area contributed by atoms with Gasteiger partial charge in [-0.15, -0.1) is 0 Å². The third-order valence-corrected chi connectivity index (χ3v) is 6.51. The van der Waals surface area contributed by atoms with Crippen LogP contribution in [0.3, 0.4) is 0 Å². The molecule has 3 aromatic rings. The standard InChI is InChI=1S/C26H27N3O3/c1-2-32-25(31)22-23(19-13-7-4-8-14-19)29-21-16-10-9-15-20(21)27-26(29)28(24(22)30)17-18-11-5-3-6-12-18/h3-7,9-12,15-16,19,22-23H,2,8,13-14,17H2,1H3. The van der Waals surface area contributed by atoms with Gasteiger partial charge in [-0.05, 0) is 49.8 Å². The third kappa shape index (κ3) is 3.49. The number of para-hydroxylation sites is 2. The second kappa shape index (κ2) is 8.61. The van der Waals surface area contributed by atoms with E-state index in [-0.39, 0.29) is 24.5 Å². The number of benzene rings is 2. The van der Waals surface area contributed by atoms with Crippen LogP contribution >= 0.6 is 0 Å². The SMILES string of the molecule is CCOC(=O)C1C(=O)N(Cc2ccccc2)c2nc3ccccc3n2C1C1CC=CCC1. The van der Waals surface area contributed by atoms with Crippen LogP contribution < -0.4 is 4.90 Å². The van der Waals surface area contributed by atoms with E-state index in [2.05, 4.69) is 16.7 Å². The van der Waals surface area contributed by atoms with E-state index >= 15 is 0 Å². The fourth-order valence-electron chi connectivity index (χ4n) is 5.07. The number of hydrogen-bond donors (Lipinski definition) is 0. The molecule has 6 nitrogen and oxygen atoms in total. The number of hydrogen-bond acceptors (Lipinski definition) is 4. The first-order chi connectivity index (χ1) is 15.7. The van der Waals surface area contributed by atoms with Gasteiger partial charge < -0.3 is 9.30 Å². The number of allylic oxidation sites excluding steroid dienone is 2. The summed E-state index contributed by atoms with van der Waals surface area (Å²) in [6.45, 7) is 2.38. The molecule has 0 spiro atoms. The van der Waals surface area contributed by atoms with Crippen LogP contribution in [-0.4, -0.2) is 28.0 Å². The molecule has 0 N–H and O–H groups in total. The van der Waals surface area contributed by atoms with Crippen molar-refractivity contribution in [1.29, 1.82) is 0 Å². The maximum absolute atomic E-state index is 13.9. The molecular formula is C26H27N3O3. The number of esters is 1. The Hall–Kier alpha value is -3.41. The first kappa shape index (κ1) is 20.5. The quantitative estimate of drug-likeness (QED) is 0.336. The maximum Gasteiger partial charge on any atom is 0.320 e. The molecule has 164 valence electrons. The summed E-state index contributed by atoms with van der Waals surface area (Å²) in [6, 6.07) is 17.4. The summed E-state index contributed by atoms with van der Waals surface area (Å²) < 4.78 is 7.57. The van der Waals surface area contributed by atoms with E-state index in [1.54, 1.807) is 11.8 Å². The highest BCUT2D eigenvalue weighted by Gasteiger charge is 2.49. The van der Waals surface area contributed by atoms with Crippen LogP contribution in [-0.2, 0) is 20.9 Å². The zero-order chi connectivity index (χ0) is 22.1. The lowest BCUT2D eigenvalue weighted by Gasteiger charge is -2.41. The fraction of sp³-hybridized carbons (Fsp3) is 0.346. The monoisotopic (exact) mass is 429 g/mol. The van der Waals surface area contributed by atoms with Crippen LogP contribution in [0.1, 0.15) is 37.8 Å². The summed E-state index contributed by atoms with van der Waals surface area (Å²) in [4.78, 5) is 33.6. The molecule has 5 rings (SSSR count). The Labute approximate surface area is 187 Å². The number of carbonyl (C=O) groups excluding carboxylic acids is 2. The minimum atomic E-state index is -0.889. The van der Waals surface area contributed by atoms with Crippen molar-refractivity contribution in [3.8, 4) is 0 Å². The van der Waals surface area contributed by atoms with Crippen molar-refractivity contribution >= 4 is 28.9 Å². The molecule has 1 aliphatic heterocycles. The van der Waals surface area contributed by atoms with Gasteiger partial charge in [0, 0.05) is 0 Å². The second-order valence-corrected chi connectivity index (χ2v) is 8.45. The molecule has 0 fully saturated rings. The number of ether oxygens (including phenoxy) is 1. The number of aromatic nitrogens is 2. The van der Waals surface area contributed by atoms with Gasteiger partial charge in [0.2, 0.25) is 11.9 Å². The first-order valence-electron chi connectivity index (χ1n) is 11.3. The largest absolute Gasteiger partial charge is 0.465 e. The Morgan fingerprint density at radius 2 is 1.88 bits per heavy atom. The lowest BCUT2D eigenvalue weighted by atomic mass is 9.79. The number of nitrogens with zero attached hydrogens (tertiary/aromatic N) is 3. The van der Waals surface area contributed by atoms with E-state index < -0.39 is 11.9 Å². The smallest absolute Gasteiger partial charge is 0.320 e. The van der Waals surface area contributed by atoms with E-state index in [9.17, 15) is 9.59 Å². The molecule has 0 saturated heterocycles. The Morgan fingerprint density at radius 1 is 1.09 bits per heavy atom. The highest BCUT2D eigenvalue weighted by molar-refractivity contribution is 6.08. The van der Waals surface area contributed by atoms with Crippen LogP contribution in [0.5, 0.6) is 0 Å². The highest BCUT2D eigenvalue weighted by Crippen LogP contribution is 2.45. The molecule has 0 bridgehead atoms. The van der Waals surface area contributed by atoms with Gasteiger partial charge in [-0.25, -0.2) is 4.98 Å². The number of rotatable bonds is 5. The van der Waals surface area contributed by atoms with Gasteiger partial charge in [0.25, 0.3) is 0 Å². The van der Waals surface area contributed by atoms with E-state index in [0.29, 0.717) is 12.5 Å². The van der Waals surface area contributed by atoms with Crippen molar-refractivity contribution in [2.75, 3.05) is 11.5 Å². The van der Waals surface area contributed by atoms with Gasteiger partial charge in [0.05, 0.1) is 30.2 Å². The number of amides is 1. The van der Waals surface area contributed by atoms with Crippen molar-refractivity contribution in [2.24, 2.45) is 11.8 Å². The van der Waals surface area contributed by atoms with Crippen LogP contribution in [0.2, 0.25) is 0 Å². The summed E-state index contributed by atoms with van der Waals surface area (Å²) in [7, 11) is 0. The van der Waals surface area contributed by atoms with Crippen LogP contribution in [0.25, 0.3) is 11.0 Å². The average molecular weight is 430 g/mol. The second-order valence-electron chi connectivity index (χ2n) is 8.45. The molecule has 3 atom stereocenters. The van der Waals surface area contributed by atoms with Gasteiger partial charge in [-0.1, -0.05) is 54.6 Å². The molecule has 6 heteroatoms. The Balaban J connectivity index is 1.69. The van der Waals surface area contributed by atoms with E-state index in [4.69, 9.17) is 9.72 Å². The molecule has 2 aromatic carbocycles. The number of imidazole rings is 1. The molecule has 0 saturated carbocycles. The van der Waals surface area contributed by atoms with Gasteiger partial charge in [0.15, 0.2) is 5.92 Å². The molecular weight excluding hydrogens is 402 g/mol. The number of anilines is 1. The molecule has 1 aromatic heterocycles. The lowest BCUT2D eigenvalue weighted by Crippen LogP contribution is -2.51. The predicted molar refractivity (Wildman–Crippen MR) is 123 cm³/mol. The summed E-state index contributed by atoms with van der Waals surface area (Å²) >= 11 is 0. The first-order valence-corrected chi connectivity index (χ1v) is 11.3. The molecule has 1 amide bonds. The third-order valence-electron chi connectivity index (χ3n) is 6.51. The zero-order valence-electron chi connectivity index (χ0n) is 18.2. The van der Waals surface area contributed by atoms with Crippen molar-refractivity contribution in [3.05, 3.63) is 72.3 Å². The normalized spacial score (nSPS) is 22.7. The van der Waals surface area contributed by atoms with Crippen molar-refractivity contribution in [1.82, 2.24) is 9.55 Å². The van der Waals surface area contributed by atoms with Gasteiger partial charge >= 0.3 is 5.97 Å². The van der Waals surface area contributed by atoms with Crippen LogP contribution in [0.4, 0.5) is 5.95 Å². The van der Waals surface area contributed by atoms with Crippen molar-refractivity contribution in [2.45, 2.75) is 38.8 Å². The zero-order valence-corrected chi connectivity index (χ0v) is 18.2. The Morgan fingerprint density at radius 3 is 2.62 bits per heavy atom. The number of fused-ring (bicyclic) bond motifs is 3. The molecule has 32 heavy (non-hydrogen) atoms. The topological polar surface area (TPSA) is 64.4 Å². The lowest BCUT2D eigenvalue weighted by molar-refractivity contribution is -0.155. The summed E-state index contributed by atoms with van der Waals surface area (Å²) in [5, 5.41) is 0. The summed E-state index contributed by atoms with van der Waals surface area (Å²) in [6.07, 6.45) is 7.04. The van der Waals surface area contributed by atoms with Crippen LogP contribution in [0.15, 0.2) is 66.7 Å². The van der Waals surface area contributed by atoms with E-state index in [0.717, 1.165) is 35.9 Å². The predicted octanol–water partition coefficient (Wildman–Crippen LogP) is 4.66. The van der Waals surface area contributed by atoms with Crippen LogP contribution in [0, 0.1) is 11.8 Å². The van der Waals surface area contributed by atoms with E-state index in [1.165, 1.54) is 0 Å². The Kier molecular flexibility index (Phi) is 5.52. The minimum Gasteiger partial charge on any atom is -0.465 e. The Bertz CT molecular complexity index is 1170. The van der Waals surface area contributed by atoms with Crippen molar-refractivity contribution < 1.29 is 14.3 Å². The molecule has 2 aliphatic rings. The molecule has 0 radical (unpaired) electrons. The minimum absolute atomic E-state index is 0.161. The summed E-state index contributed by atoms with van der Waals surface area (Å²) in [5.41, 5.74) is 2.76. The van der Waals surface area contributed by atoms with Gasteiger partial charge in [-0.2, -0.15) is 0 Å². The van der Waals surface area contributed by atoms with Crippen molar-refractivity contribution in [3.63, 3.8) is 0 Å². The average Bonchev–Trinajstić information content (AvgIpc) is 3.21. The van der Waals surface area contributed by atoms with Gasteiger partial charge in [0.1, 0.15) is 0 Å². The summed E-state index contributed by atoms with van der Waals surface area (Å²) in [5.74, 6) is -0.790. The maximum atomic E-state index is 13.9. The number of carbonyl (C=O) groups is 2. The molecule has 3 unspecified atom stereocenters. The van der Waals surface area contributed by atoms with Gasteiger partial charge in [-0.3, -0.25) is 14.5 Å². The molecule has 2 heterocycles. The van der Waals surface area contributed by atoms with E-state index in [1.807, 2.05) is 54.6 Å². The highest BCUT2D eigenvalue weighted by atomic mass is 16.5. The fourth-order valence-corrected chi connectivity index (χ4v) is 5.07. The molecule has 1 aliphatic carbocycles.